The Morgan fingerprint density at radius 3 is 2.50 bits per heavy atom. The van der Waals surface area contributed by atoms with Crippen LogP contribution in [0.4, 0.5) is 8.78 Å². The molecule has 0 saturated heterocycles. The Labute approximate surface area is 92.7 Å². The molecule has 0 fully saturated rings. The maximum atomic E-state index is 12.2. The number of nitrogens with one attached hydrogen (secondary N) is 1. The zero-order valence-electron chi connectivity index (χ0n) is 8.76. The summed E-state index contributed by atoms with van der Waals surface area (Å²) in [6.07, 6.45) is -2.46. The maximum Gasteiger partial charge on any atom is 0.263 e. The van der Waals surface area contributed by atoms with Crippen molar-refractivity contribution in [3.05, 3.63) is 35.4 Å². The van der Waals surface area contributed by atoms with E-state index in [0.29, 0.717) is 5.56 Å². The Hall–Kier alpha value is -1.89. The van der Waals surface area contributed by atoms with E-state index in [0.717, 1.165) is 0 Å². The van der Waals surface area contributed by atoms with Crippen LogP contribution in [0.15, 0.2) is 24.3 Å². The number of alkyl halides is 2. The summed E-state index contributed by atoms with van der Waals surface area (Å²) in [6.45, 7) is 1.66. The van der Waals surface area contributed by atoms with Gasteiger partial charge < -0.3 is 5.32 Å². The number of hydrogen-bond donors (Lipinski definition) is 1. The zero-order valence-corrected chi connectivity index (χ0v) is 8.76. The molecule has 1 amide bonds. The van der Waals surface area contributed by atoms with Crippen LogP contribution in [0.3, 0.4) is 0 Å². The van der Waals surface area contributed by atoms with E-state index in [4.69, 9.17) is 0 Å². The highest BCUT2D eigenvalue weighted by molar-refractivity contribution is 5.73. The molecule has 84 valence electrons. The highest BCUT2D eigenvalue weighted by Gasteiger charge is 2.04. The van der Waals surface area contributed by atoms with Gasteiger partial charge in [-0.1, -0.05) is 24.0 Å². The van der Waals surface area contributed by atoms with Crippen LogP contribution in [-0.4, -0.2) is 12.5 Å². The predicted octanol–water partition coefficient (Wildman–Crippen LogP) is 2.11. The molecule has 0 aromatic heterocycles. The molecule has 0 aliphatic heterocycles. The lowest BCUT2D eigenvalue weighted by molar-refractivity contribution is -0.118. The normalized spacial score (nSPS) is 9.50. The molecule has 0 heterocycles. The summed E-state index contributed by atoms with van der Waals surface area (Å²) < 4.78 is 24.4. The molecule has 4 heteroatoms. The summed E-state index contributed by atoms with van der Waals surface area (Å²) in [4.78, 5) is 10.5. The number of rotatable bonds is 2. The van der Waals surface area contributed by atoms with Crippen LogP contribution in [0.5, 0.6) is 0 Å². The van der Waals surface area contributed by atoms with Crippen molar-refractivity contribution in [1.29, 1.82) is 0 Å². The number of hydrogen-bond acceptors (Lipinski definition) is 1. The topological polar surface area (TPSA) is 29.1 Å². The van der Waals surface area contributed by atoms with Crippen molar-refractivity contribution in [3.8, 4) is 11.8 Å². The molecular weight excluding hydrogens is 212 g/mol. The fourth-order valence-corrected chi connectivity index (χ4v) is 1.03. The van der Waals surface area contributed by atoms with E-state index >= 15 is 0 Å². The summed E-state index contributed by atoms with van der Waals surface area (Å²) in [5.41, 5.74) is 0.627. The van der Waals surface area contributed by atoms with E-state index in [2.05, 4.69) is 17.2 Å². The lowest BCUT2D eigenvalue weighted by Crippen LogP contribution is -2.19. The van der Waals surface area contributed by atoms with Crippen molar-refractivity contribution in [3.63, 3.8) is 0 Å². The molecule has 1 aromatic rings. The second-order valence-electron chi connectivity index (χ2n) is 3.13. The summed E-state index contributed by atoms with van der Waals surface area (Å²) in [6, 6.07) is 5.74. The summed E-state index contributed by atoms with van der Waals surface area (Å²) in [5, 5.41) is 2.51. The van der Waals surface area contributed by atoms with Gasteiger partial charge in [0, 0.05) is 18.1 Å². The first kappa shape index (κ1) is 12.2. The number of halogens is 2. The molecular formula is C12H11F2NO. The van der Waals surface area contributed by atoms with E-state index in [-0.39, 0.29) is 18.0 Å². The predicted molar refractivity (Wildman–Crippen MR) is 57.0 cm³/mol. The van der Waals surface area contributed by atoms with Crippen LogP contribution in [0.1, 0.15) is 24.5 Å². The van der Waals surface area contributed by atoms with E-state index in [1.807, 2.05) is 0 Å². The molecule has 0 saturated carbocycles. The van der Waals surface area contributed by atoms with E-state index < -0.39 is 6.43 Å². The van der Waals surface area contributed by atoms with Crippen LogP contribution in [0.2, 0.25) is 0 Å². The molecule has 2 nitrogen and oxygen atoms in total. The van der Waals surface area contributed by atoms with Gasteiger partial charge >= 0.3 is 0 Å². The molecule has 0 atom stereocenters. The second kappa shape index (κ2) is 5.86. The maximum absolute atomic E-state index is 12.2. The van der Waals surface area contributed by atoms with Gasteiger partial charge in [0.15, 0.2) is 0 Å². The summed E-state index contributed by atoms with van der Waals surface area (Å²) in [5.74, 6) is 5.32. The van der Waals surface area contributed by atoms with Gasteiger partial charge in [0.05, 0.1) is 6.54 Å². The lowest BCUT2D eigenvalue weighted by atomic mass is 10.1. The quantitative estimate of drug-likeness (QED) is 0.764. The Kier molecular flexibility index (Phi) is 4.46. The van der Waals surface area contributed by atoms with E-state index in [1.54, 1.807) is 0 Å². The van der Waals surface area contributed by atoms with Crippen LogP contribution in [0.25, 0.3) is 0 Å². The third-order valence-corrected chi connectivity index (χ3v) is 1.82. The number of benzene rings is 1. The van der Waals surface area contributed by atoms with Gasteiger partial charge in [0.1, 0.15) is 0 Å². The molecule has 0 spiro atoms. The van der Waals surface area contributed by atoms with Crippen molar-refractivity contribution in [2.24, 2.45) is 0 Å². The molecule has 0 bridgehead atoms. The molecule has 1 aromatic carbocycles. The minimum atomic E-state index is -2.46. The highest BCUT2D eigenvalue weighted by atomic mass is 19.3. The van der Waals surface area contributed by atoms with Gasteiger partial charge in [-0.3, -0.25) is 4.79 Å². The van der Waals surface area contributed by atoms with Crippen molar-refractivity contribution < 1.29 is 13.6 Å². The fraction of sp³-hybridized carbons (Fsp3) is 0.250. The Morgan fingerprint density at radius 1 is 1.38 bits per heavy atom. The van der Waals surface area contributed by atoms with Crippen molar-refractivity contribution >= 4 is 5.91 Å². The van der Waals surface area contributed by atoms with Gasteiger partial charge in [-0.15, -0.1) is 0 Å². The van der Waals surface area contributed by atoms with E-state index in [9.17, 15) is 13.6 Å². The SMILES string of the molecule is CC(=O)NCC#Cc1ccc(C(F)F)cc1. The number of amides is 1. The lowest BCUT2D eigenvalue weighted by Gasteiger charge is -1.98. The molecule has 16 heavy (non-hydrogen) atoms. The summed E-state index contributed by atoms with van der Waals surface area (Å²) in [7, 11) is 0. The van der Waals surface area contributed by atoms with Crippen molar-refractivity contribution in [1.82, 2.24) is 5.32 Å². The molecule has 1 rings (SSSR count). The minimum Gasteiger partial charge on any atom is -0.345 e. The van der Waals surface area contributed by atoms with Crippen LogP contribution in [0, 0.1) is 11.8 Å². The first-order valence-corrected chi connectivity index (χ1v) is 4.71. The zero-order chi connectivity index (χ0) is 12.0. The summed E-state index contributed by atoms with van der Waals surface area (Å²) >= 11 is 0. The van der Waals surface area contributed by atoms with Gasteiger partial charge in [-0.2, -0.15) is 0 Å². The second-order valence-corrected chi connectivity index (χ2v) is 3.13. The average Bonchev–Trinajstić information content (AvgIpc) is 2.25. The number of carbonyl (C=O) groups is 1. The van der Waals surface area contributed by atoms with Gasteiger partial charge in [0.25, 0.3) is 6.43 Å². The van der Waals surface area contributed by atoms with Crippen LogP contribution < -0.4 is 5.32 Å². The van der Waals surface area contributed by atoms with Gasteiger partial charge in [-0.05, 0) is 12.1 Å². The monoisotopic (exact) mass is 223 g/mol. The molecule has 0 aliphatic carbocycles. The third kappa shape index (κ3) is 4.09. The smallest absolute Gasteiger partial charge is 0.263 e. The molecule has 0 radical (unpaired) electrons. The van der Waals surface area contributed by atoms with Crippen LogP contribution in [-0.2, 0) is 4.79 Å². The number of carbonyl (C=O) groups excluding carboxylic acids is 1. The minimum absolute atomic E-state index is 0.0209. The van der Waals surface area contributed by atoms with Crippen molar-refractivity contribution in [2.45, 2.75) is 13.3 Å². The standard InChI is InChI=1S/C12H11F2NO/c1-9(16)15-8-2-3-10-4-6-11(7-5-10)12(13)14/h4-7,12H,8H2,1H3,(H,15,16). The highest BCUT2D eigenvalue weighted by Crippen LogP contribution is 2.18. The van der Waals surface area contributed by atoms with Crippen LogP contribution >= 0.6 is 0 Å². The average molecular weight is 223 g/mol. The first-order valence-electron chi connectivity index (χ1n) is 4.71. The van der Waals surface area contributed by atoms with E-state index in [1.165, 1.54) is 31.2 Å². The fourth-order valence-electron chi connectivity index (χ4n) is 1.03. The molecule has 0 aliphatic rings. The Balaban J connectivity index is 2.58. The largest absolute Gasteiger partial charge is 0.345 e. The van der Waals surface area contributed by atoms with Crippen molar-refractivity contribution in [2.75, 3.05) is 6.54 Å². The Morgan fingerprint density at radius 2 is 2.00 bits per heavy atom. The Bertz CT molecular complexity index is 415. The molecule has 1 N–H and O–H groups in total. The van der Waals surface area contributed by atoms with Gasteiger partial charge in [-0.25, -0.2) is 8.78 Å². The third-order valence-electron chi connectivity index (χ3n) is 1.82. The van der Waals surface area contributed by atoms with Gasteiger partial charge in [0.2, 0.25) is 5.91 Å². The first-order chi connectivity index (χ1) is 7.59. The molecule has 0 unspecified atom stereocenters.